The Morgan fingerprint density at radius 1 is 1.36 bits per heavy atom. The molecule has 1 aromatic rings. The Bertz CT molecular complexity index is 254. The molecule has 0 saturated carbocycles. The van der Waals surface area contributed by atoms with E-state index in [0.717, 1.165) is 18.1 Å². The summed E-state index contributed by atoms with van der Waals surface area (Å²) in [7, 11) is 0. The maximum Gasteiger partial charge on any atom is 0.182 e. The van der Waals surface area contributed by atoms with Crippen LogP contribution >= 0.6 is 11.3 Å². The van der Waals surface area contributed by atoms with E-state index >= 15 is 0 Å². The normalized spacial score (nSPS) is 10.9. The molecule has 0 radical (unpaired) electrons. The van der Waals surface area contributed by atoms with Gasteiger partial charge in [0.15, 0.2) is 5.13 Å². The summed E-state index contributed by atoms with van der Waals surface area (Å²) in [5.74, 6) is 0.699. The summed E-state index contributed by atoms with van der Waals surface area (Å²) in [4.78, 5) is 5.80. The molecular weight excluding hydrogens is 192 g/mol. The molecule has 0 aliphatic carbocycles. The molecule has 0 saturated heterocycles. The van der Waals surface area contributed by atoms with E-state index in [-0.39, 0.29) is 0 Å². The monoisotopic (exact) mass is 212 g/mol. The summed E-state index contributed by atoms with van der Waals surface area (Å²) in [6.07, 6.45) is 5.61. The number of hydrogen-bond donors (Lipinski definition) is 1. The minimum absolute atomic E-state index is 0.699. The van der Waals surface area contributed by atoms with Crippen LogP contribution < -0.4 is 5.32 Å². The second-order valence-corrected chi connectivity index (χ2v) is 4.57. The van der Waals surface area contributed by atoms with Crippen molar-refractivity contribution in [2.45, 2.75) is 46.0 Å². The first kappa shape index (κ1) is 11.5. The quantitative estimate of drug-likeness (QED) is 0.774. The van der Waals surface area contributed by atoms with E-state index in [9.17, 15) is 0 Å². The van der Waals surface area contributed by atoms with Gasteiger partial charge >= 0.3 is 0 Å². The lowest BCUT2D eigenvalue weighted by atomic mass is 10.0. The van der Waals surface area contributed by atoms with E-state index in [2.05, 4.69) is 31.1 Å². The van der Waals surface area contributed by atoms with Gasteiger partial charge in [-0.15, -0.1) is 11.3 Å². The third kappa shape index (κ3) is 2.98. The predicted octanol–water partition coefficient (Wildman–Crippen LogP) is 3.87. The minimum atomic E-state index is 0.699. The smallest absolute Gasteiger partial charge is 0.182 e. The van der Waals surface area contributed by atoms with Gasteiger partial charge in [0.2, 0.25) is 0 Å². The van der Waals surface area contributed by atoms with Gasteiger partial charge in [-0.1, -0.05) is 20.8 Å². The first-order valence-electron chi connectivity index (χ1n) is 5.51. The van der Waals surface area contributed by atoms with Crippen molar-refractivity contribution in [3.8, 4) is 0 Å². The fraction of sp³-hybridized carbons (Fsp3) is 0.727. The lowest BCUT2D eigenvalue weighted by Gasteiger charge is -2.07. The zero-order valence-corrected chi connectivity index (χ0v) is 10.2. The Hall–Kier alpha value is -0.570. The highest BCUT2D eigenvalue weighted by Gasteiger charge is 2.10. The van der Waals surface area contributed by atoms with E-state index in [0.29, 0.717) is 5.92 Å². The fourth-order valence-electron chi connectivity index (χ4n) is 1.48. The van der Waals surface area contributed by atoms with Gasteiger partial charge in [-0.05, 0) is 25.2 Å². The summed E-state index contributed by atoms with van der Waals surface area (Å²) in [5, 5.41) is 4.40. The first-order chi connectivity index (χ1) is 6.81. The molecule has 3 heteroatoms. The lowest BCUT2D eigenvalue weighted by Crippen LogP contribution is -1.97. The molecule has 1 N–H and O–H groups in total. The van der Waals surface area contributed by atoms with Crippen molar-refractivity contribution in [1.82, 2.24) is 4.98 Å². The SMILES string of the molecule is CCCNc1ncc(C(CC)CC)s1. The molecule has 14 heavy (non-hydrogen) atoms. The molecule has 0 fully saturated rings. The van der Waals surface area contributed by atoms with Crippen LogP contribution in [-0.2, 0) is 0 Å². The second kappa shape index (κ2) is 6.02. The lowest BCUT2D eigenvalue weighted by molar-refractivity contribution is 0.652. The number of nitrogens with one attached hydrogen (secondary N) is 1. The van der Waals surface area contributed by atoms with Gasteiger partial charge in [-0.25, -0.2) is 4.98 Å². The highest BCUT2D eigenvalue weighted by atomic mass is 32.1. The topological polar surface area (TPSA) is 24.9 Å². The van der Waals surface area contributed by atoms with Crippen LogP contribution in [0.4, 0.5) is 5.13 Å². The first-order valence-corrected chi connectivity index (χ1v) is 6.33. The third-order valence-corrected chi connectivity index (χ3v) is 3.56. The van der Waals surface area contributed by atoms with Crippen LogP contribution in [0, 0.1) is 0 Å². The average Bonchev–Trinajstić information content (AvgIpc) is 2.65. The molecular formula is C11H20N2S. The zero-order chi connectivity index (χ0) is 10.4. The third-order valence-electron chi connectivity index (χ3n) is 2.44. The minimum Gasteiger partial charge on any atom is -0.362 e. The van der Waals surface area contributed by atoms with E-state index in [1.165, 1.54) is 17.7 Å². The molecule has 0 bridgehead atoms. The number of hydrogen-bond acceptors (Lipinski definition) is 3. The Morgan fingerprint density at radius 3 is 2.64 bits per heavy atom. The van der Waals surface area contributed by atoms with Crippen molar-refractivity contribution in [3.05, 3.63) is 11.1 Å². The van der Waals surface area contributed by atoms with Gasteiger partial charge in [-0.3, -0.25) is 0 Å². The van der Waals surface area contributed by atoms with Crippen molar-refractivity contribution >= 4 is 16.5 Å². The molecule has 0 aliphatic heterocycles. The number of anilines is 1. The Kier molecular flexibility index (Phi) is 4.94. The Labute approximate surface area is 90.8 Å². The van der Waals surface area contributed by atoms with Crippen LogP contribution in [-0.4, -0.2) is 11.5 Å². The highest BCUT2D eigenvalue weighted by molar-refractivity contribution is 7.15. The van der Waals surface area contributed by atoms with Crippen molar-refractivity contribution in [3.63, 3.8) is 0 Å². The van der Waals surface area contributed by atoms with E-state index in [4.69, 9.17) is 0 Å². The molecule has 80 valence electrons. The average molecular weight is 212 g/mol. The molecule has 0 amide bonds. The summed E-state index contributed by atoms with van der Waals surface area (Å²) in [6.45, 7) is 7.68. The van der Waals surface area contributed by atoms with Crippen LogP contribution in [0.5, 0.6) is 0 Å². The molecule has 0 aromatic carbocycles. The molecule has 0 spiro atoms. The van der Waals surface area contributed by atoms with Gasteiger partial charge in [0.1, 0.15) is 0 Å². The van der Waals surface area contributed by atoms with Gasteiger partial charge < -0.3 is 5.32 Å². The number of thiazole rings is 1. The predicted molar refractivity (Wildman–Crippen MR) is 64.2 cm³/mol. The van der Waals surface area contributed by atoms with Crippen molar-refractivity contribution in [2.24, 2.45) is 0 Å². The Balaban J connectivity index is 2.57. The number of rotatable bonds is 6. The number of nitrogens with zero attached hydrogens (tertiary/aromatic N) is 1. The molecule has 0 unspecified atom stereocenters. The molecule has 1 rings (SSSR count). The summed E-state index contributed by atoms with van der Waals surface area (Å²) in [5.41, 5.74) is 0. The van der Waals surface area contributed by atoms with Crippen LogP contribution in [0.15, 0.2) is 6.20 Å². The van der Waals surface area contributed by atoms with Crippen LogP contribution in [0.3, 0.4) is 0 Å². The van der Waals surface area contributed by atoms with Gasteiger partial charge in [0.05, 0.1) is 0 Å². The summed E-state index contributed by atoms with van der Waals surface area (Å²) in [6, 6.07) is 0. The molecule has 1 aromatic heterocycles. The van der Waals surface area contributed by atoms with Gasteiger partial charge in [-0.2, -0.15) is 0 Å². The van der Waals surface area contributed by atoms with Gasteiger partial charge in [0.25, 0.3) is 0 Å². The second-order valence-electron chi connectivity index (χ2n) is 3.51. The molecule has 0 aliphatic rings. The standard InChI is InChI=1S/C11H20N2S/c1-4-7-12-11-13-8-10(14-11)9(5-2)6-3/h8-9H,4-7H2,1-3H3,(H,12,13). The number of aromatic nitrogens is 1. The van der Waals surface area contributed by atoms with Crippen LogP contribution in [0.1, 0.15) is 50.8 Å². The summed E-state index contributed by atoms with van der Waals surface area (Å²) < 4.78 is 0. The fourth-order valence-corrected chi connectivity index (χ4v) is 2.59. The Morgan fingerprint density at radius 2 is 2.07 bits per heavy atom. The van der Waals surface area contributed by atoms with Crippen molar-refractivity contribution in [1.29, 1.82) is 0 Å². The van der Waals surface area contributed by atoms with Gasteiger partial charge in [0, 0.05) is 17.6 Å². The largest absolute Gasteiger partial charge is 0.362 e. The maximum absolute atomic E-state index is 4.38. The van der Waals surface area contributed by atoms with Crippen LogP contribution in [0.2, 0.25) is 0 Å². The van der Waals surface area contributed by atoms with Crippen LogP contribution in [0.25, 0.3) is 0 Å². The highest BCUT2D eigenvalue weighted by Crippen LogP contribution is 2.30. The summed E-state index contributed by atoms with van der Waals surface area (Å²) >= 11 is 1.81. The van der Waals surface area contributed by atoms with E-state index in [1.807, 2.05) is 17.5 Å². The van der Waals surface area contributed by atoms with Crippen molar-refractivity contribution in [2.75, 3.05) is 11.9 Å². The van der Waals surface area contributed by atoms with E-state index < -0.39 is 0 Å². The zero-order valence-electron chi connectivity index (χ0n) is 9.34. The maximum atomic E-state index is 4.38. The molecule has 2 nitrogen and oxygen atoms in total. The van der Waals surface area contributed by atoms with E-state index in [1.54, 1.807) is 0 Å². The molecule has 1 heterocycles. The van der Waals surface area contributed by atoms with Crippen molar-refractivity contribution < 1.29 is 0 Å². The molecule has 0 atom stereocenters.